The zero-order chi connectivity index (χ0) is 14.6. The van der Waals surface area contributed by atoms with Crippen molar-refractivity contribution in [1.29, 1.82) is 0 Å². The average molecular weight is 278 g/mol. The summed E-state index contributed by atoms with van der Waals surface area (Å²) in [5.74, 6) is -0.484. The van der Waals surface area contributed by atoms with Gasteiger partial charge in [-0.3, -0.25) is 4.79 Å². The summed E-state index contributed by atoms with van der Waals surface area (Å²) in [5.41, 5.74) is 1.36. The Morgan fingerprint density at radius 2 is 1.84 bits per heavy atom. The summed E-state index contributed by atoms with van der Waals surface area (Å²) in [6.07, 6.45) is -3.31. The van der Waals surface area contributed by atoms with E-state index in [0.717, 1.165) is 10.5 Å². The number of rotatable bonds is 5. The highest BCUT2D eigenvalue weighted by Gasteiger charge is 2.36. The van der Waals surface area contributed by atoms with Crippen molar-refractivity contribution in [3.63, 3.8) is 0 Å². The maximum atomic E-state index is 12.6. The van der Waals surface area contributed by atoms with Gasteiger partial charge in [0.1, 0.15) is 6.54 Å². The molecule has 0 spiro atoms. The molecule has 0 atom stereocenters. The lowest BCUT2D eigenvalue weighted by atomic mass is 10.0. The van der Waals surface area contributed by atoms with Gasteiger partial charge in [-0.1, -0.05) is 13.8 Å². The van der Waals surface area contributed by atoms with Crippen LogP contribution in [0.2, 0.25) is 0 Å². The molecule has 1 N–H and O–H groups in total. The van der Waals surface area contributed by atoms with Crippen LogP contribution in [0.4, 0.5) is 13.2 Å². The number of carbonyl (C=O) groups is 1. The number of hydrogen-bond donors (Lipinski definition) is 1. The Hall–Kier alpha value is -1.04. The maximum Gasteiger partial charge on any atom is 0.406 e. The quantitative estimate of drug-likeness (QED) is 0.784. The highest BCUT2D eigenvalue weighted by atomic mass is 19.4. The Balaban J connectivity index is 2.92. The number of nitrogens with zero attached hydrogens (tertiary/aromatic N) is 1. The molecule has 1 aliphatic rings. The van der Waals surface area contributed by atoms with Gasteiger partial charge in [-0.05, 0) is 25.3 Å². The summed E-state index contributed by atoms with van der Waals surface area (Å²) in [7, 11) is 0. The molecule has 6 heteroatoms. The fourth-order valence-electron chi connectivity index (χ4n) is 2.17. The normalized spacial score (nSPS) is 15.4. The maximum absolute atomic E-state index is 12.6. The largest absolute Gasteiger partial charge is 0.406 e. The molecular formula is C13H21F3N2O. The van der Waals surface area contributed by atoms with Crippen molar-refractivity contribution in [3.8, 4) is 0 Å². The van der Waals surface area contributed by atoms with E-state index >= 15 is 0 Å². The van der Waals surface area contributed by atoms with Crippen molar-refractivity contribution in [2.75, 3.05) is 19.6 Å². The molecule has 0 aliphatic carbocycles. The smallest absolute Gasteiger partial charge is 0.327 e. The monoisotopic (exact) mass is 278 g/mol. The van der Waals surface area contributed by atoms with Gasteiger partial charge >= 0.3 is 6.18 Å². The molecule has 0 saturated carbocycles. The Morgan fingerprint density at radius 3 is 2.16 bits per heavy atom. The molecule has 0 bridgehead atoms. The van der Waals surface area contributed by atoms with Crippen LogP contribution < -0.4 is 5.32 Å². The first-order valence-electron chi connectivity index (χ1n) is 6.57. The Morgan fingerprint density at radius 1 is 1.32 bits per heavy atom. The summed E-state index contributed by atoms with van der Waals surface area (Å²) < 4.78 is 37.9. The predicted octanol–water partition coefficient (Wildman–Crippen LogP) is 2.49. The van der Waals surface area contributed by atoms with Crippen molar-refractivity contribution < 1.29 is 18.0 Å². The molecule has 19 heavy (non-hydrogen) atoms. The minimum atomic E-state index is -4.36. The molecular weight excluding hydrogens is 257 g/mol. The fraction of sp³-hybridized carbons (Fsp3) is 0.769. The van der Waals surface area contributed by atoms with E-state index in [1.165, 1.54) is 0 Å². The van der Waals surface area contributed by atoms with E-state index in [2.05, 4.69) is 5.32 Å². The predicted molar refractivity (Wildman–Crippen MR) is 67.7 cm³/mol. The lowest BCUT2D eigenvalue weighted by Gasteiger charge is -2.33. The first-order valence-corrected chi connectivity index (χ1v) is 6.57. The molecule has 0 aromatic heterocycles. The molecule has 1 fully saturated rings. The number of nitrogens with one attached hydrogen (secondary N) is 1. The molecule has 3 nitrogen and oxygen atoms in total. The Labute approximate surface area is 111 Å². The van der Waals surface area contributed by atoms with Gasteiger partial charge < -0.3 is 10.2 Å². The van der Waals surface area contributed by atoms with E-state index in [1.807, 2.05) is 0 Å². The van der Waals surface area contributed by atoms with Crippen LogP contribution in [0.25, 0.3) is 0 Å². The standard InChI is InChI=1S/C13H21F3N2O/c1-4-11(5-2)18(8-13(14,15)16)12(19)9(3)10-6-17-7-10/h11,17H,4-8H2,1-3H3. The van der Waals surface area contributed by atoms with Crippen molar-refractivity contribution in [2.24, 2.45) is 0 Å². The Kier molecular flexibility index (Phi) is 5.40. The number of halogens is 3. The third kappa shape index (κ3) is 4.23. The van der Waals surface area contributed by atoms with E-state index in [1.54, 1.807) is 20.8 Å². The van der Waals surface area contributed by atoms with E-state index in [9.17, 15) is 18.0 Å². The van der Waals surface area contributed by atoms with Crippen LogP contribution in [0.5, 0.6) is 0 Å². The second-order valence-corrected chi connectivity index (χ2v) is 4.85. The molecule has 1 saturated heterocycles. The van der Waals surface area contributed by atoms with Crippen LogP contribution in [0.3, 0.4) is 0 Å². The summed E-state index contributed by atoms with van der Waals surface area (Å²) in [4.78, 5) is 13.2. The molecule has 1 aliphatic heterocycles. The molecule has 0 aromatic carbocycles. The van der Waals surface area contributed by atoms with Crippen molar-refractivity contribution in [3.05, 3.63) is 11.1 Å². The lowest BCUT2D eigenvalue weighted by molar-refractivity contribution is -0.163. The van der Waals surface area contributed by atoms with Crippen LogP contribution in [-0.4, -0.2) is 42.7 Å². The van der Waals surface area contributed by atoms with Gasteiger partial charge in [-0.25, -0.2) is 0 Å². The number of carbonyl (C=O) groups excluding carboxylic acids is 1. The van der Waals surface area contributed by atoms with Gasteiger partial charge in [0.05, 0.1) is 0 Å². The highest BCUT2D eigenvalue weighted by molar-refractivity contribution is 5.94. The van der Waals surface area contributed by atoms with Crippen molar-refractivity contribution in [2.45, 2.75) is 45.8 Å². The average Bonchev–Trinajstić information content (AvgIpc) is 2.24. The van der Waals surface area contributed by atoms with Gasteiger partial charge in [-0.2, -0.15) is 13.2 Å². The summed E-state index contributed by atoms with van der Waals surface area (Å²) in [6, 6.07) is -0.363. The molecule has 110 valence electrons. The number of hydrogen-bond acceptors (Lipinski definition) is 2. The first kappa shape index (κ1) is 16.0. The second kappa shape index (κ2) is 6.41. The van der Waals surface area contributed by atoms with Crippen LogP contribution in [0.1, 0.15) is 33.6 Å². The zero-order valence-corrected chi connectivity index (χ0v) is 11.6. The molecule has 0 aromatic rings. The summed E-state index contributed by atoms with van der Waals surface area (Å²) >= 11 is 0. The number of alkyl halides is 3. The van der Waals surface area contributed by atoms with Crippen LogP contribution in [0, 0.1) is 0 Å². The van der Waals surface area contributed by atoms with Gasteiger partial charge in [0.2, 0.25) is 5.91 Å². The van der Waals surface area contributed by atoms with E-state index in [4.69, 9.17) is 0 Å². The van der Waals surface area contributed by atoms with Crippen LogP contribution in [-0.2, 0) is 4.79 Å². The van der Waals surface area contributed by atoms with Crippen LogP contribution >= 0.6 is 0 Å². The van der Waals surface area contributed by atoms with Gasteiger partial charge in [0.15, 0.2) is 0 Å². The summed E-state index contributed by atoms with van der Waals surface area (Å²) in [6.45, 7) is 5.25. The minimum absolute atomic E-state index is 0.363. The first-order chi connectivity index (χ1) is 8.80. The SMILES string of the molecule is CCC(CC)N(CC(F)(F)F)C(=O)C(C)=C1CNC1. The summed E-state index contributed by atoms with van der Waals surface area (Å²) in [5, 5.41) is 2.99. The molecule has 0 radical (unpaired) electrons. The van der Waals surface area contributed by atoms with E-state index < -0.39 is 18.6 Å². The highest BCUT2D eigenvalue weighted by Crippen LogP contribution is 2.23. The zero-order valence-electron chi connectivity index (χ0n) is 11.6. The van der Waals surface area contributed by atoms with E-state index in [-0.39, 0.29) is 6.04 Å². The molecule has 0 unspecified atom stereocenters. The lowest BCUT2D eigenvalue weighted by Crippen LogP contribution is -2.47. The minimum Gasteiger partial charge on any atom is -0.327 e. The Bertz CT molecular complexity index is 353. The van der Waals surface area contributed by atoms with Crippen molar-refractivity contribution in [1.82, 2.24) is 10.2 Å². The molecule has 1 heterocycles. The second-order valence-electron chi connectivity index (χ2n) is 4.85. The van der Waals surface area contributed by atoms with Gasteiger partial charge in [-0.15, -0.1) is 0 Å². The van der Waals surface area contributed by atoms with Crippen molar-refractivity contribution >= 4 is 5.91 Å². The molecule has 1 rings (SSSR count). The van der Waals surface area contributed by atoms with Gasteiger partial charge in [0, 0.05) is 24.7 Å². The topological polar surface area (TPSA) is 32.3 Å². The molecule has 1 amide bonds. The van der Waals surface area contributed by atoms with Gasteiger partial charge in [0.25, 0.3) is 0 Å². The third-order valence-corrected chi connectivity index (χ3v) is 3.52. The van der Waals surface area contributed by atoms with E-state index in [0.29, 0.717) is 31.5 Å². The third-order valence-electron chi connectivity index (χ3n) is 3.52. The van der Waals surface area contributed by atoms with Crippen LogP contribution in [0.15, 0.2) is 11.1 Å². The fourth-order valence-corrected chi connectivity index (χ4v) is 2.17. The number of amides is 1.